The molecular formula is C15H13N3O6S. The van der Waals surface area contributed by atoms with E-state index in [0.717, 1.165) is 18.4 Å². The van der Waals surface area contributed by atoms with Crippen molar-refractivity contribution in [2.75, 3.05) is 7.11 Å². The molecule has 0 saturated carbocycles. The fourth-order valence-electron chi connectivity index (χ4n) is 2.40. The van der Waals surface area contributed by atoms with Gasteiger partial charge in [0, 0.05) is 24.1 Å². The number of thiophene rings is 1. The van der Waals surface area contributed by atoms with Crippen molar-refractivity contribution in [1.29, 1.82) is 5.26 Å². The van der Waals surface area contributed by atoms with Crippen LogP contribution in [0.3, 0.4) is 0 Å². The van der Waals surface area contributed by atoms with Gasteiger partial charge in [-0.1, -0.05) is 11.3 Å². The number of hydrogen-bond acceptors (Lipinski definition) is 9. The van der Waals surface area contributed by atoms with Gasteiger partial charge in [0.1, 0.15) is 23.2 Å². The fourth-order valence-corrected chi connectivity index (χ4v) is 3.34. The molecular weight excluding hydrogens is 350 g/mol. The van der Waals surface area contributed by atoms with Crippen LogP contribution in [0, 0.1) is 28.4 Å². The second-order valence-corrected chi connectivity index (χ2v) is 5.87. The molecule has 3 N–H and O–H groups in total. The molecule has 0 spiro atoms. The molecule has 3 rings (SSSR count). The Kier molecular flexibility index (Phi) is 5.21. The summed E-state index contributed by atoms with van der Waals surface area (Å²) in [4.78, 5) is 23.0. The van der Waals surface area contributed by atoms with Crippen molar-refractivity contribution in [3.63, 3.8) is 0 Å². The molecule has 1 atom stereocenters. The Hall–Kier alpha value is -3.16. The summed E-state index contributed by atoms with van der Waals surface area (Å²) in [6.45, 7) is 1.58. The third-order valence-electron chi connectivity index (χ3n) is 3.33. The number of nitro groups is 1. The van der Waals surface area contributed by atoms with Crippen molar-refractivity contribution in [1.82, 2.24) is 0 Å². The largest absolute Gasteiger partial charge is 0.440 e. The number of ether oxygens (including phenoxy) is 1. The van der Waals surface area contributed by atoms with E-state index in [1.54, 1.807) is 6.92 Å². The number of aliphatic hydroxyl groups is 1. The SMILES string of the molecule is CO.Cc1cc2c(c(=O)o1)C(c1ccc([N+](=O)[O-])s1)C(C#N)=C(N)O2. The summed E-state index contributed by atoms with van der Waals surface area (Å²) < 4.78 is 10.4. The van der Waals surface area contributed by atoms with E-state index in [9.17, 15) is 20.2 Å². The molecule has 1 unspecified atom stereocenters. The lowest BCUT2D eigenvalue weighted by atomic mass is 9.89. The van der Waals surface area contributed by atoms with Gasteiger partial charge in [-0.05, 0) is 13.0 Å². The zero-order valence-electron chi connectivity index (χ0n) is 13.2. The maximum atomic E-state index is 12.2. The second-order valence-electron chi connectivity index (χ2n) is 4.78. The van der Waals surface area contributed by atoms with Crippen LogP contribution >= 0.6 is 11.3 Å². The van der Waals surface area contributed by atoms with E-state index in [-0.39, 0.29) is 27.8 Å². The first-order valence-electron chi connectivity index (χ1n) is 6.83. The Morgan fingerprint density at radius 3 is 2.68 bits per heavy atom. The molecule has 0 aliphatic carbocycles. The van der Waals surface area contributed by atoms with Gasteiger partial charge in [-0.3, -0.25) is 10.1 Å². The lowest BCUT2D eigenvalue weighted by Crippen LogP contribution is -2.25. The van der Waals surface area contributed by atoms with Crippen LogP contribution in [0.4, 0.5) is 5.00 Å². The molecule has 3 heterocycles. The summed E-state index contributed by atoms with van der Waals surface area (Å²) in [7, 11) is 1.00. The summed E-state index contributed by atoms with van der Waals surface area (Å²) in [5.41, 5.74) is 5.23. The van der Waals surface area contributed by atoms with Gasteiger partial charge in [-0.2, -0.15) is 5.26 Å². The lowest BCUT2D eigenvalue weighted by molar-refractivity contribution is -0.380. The Morgan fingerprint density at radius 1 is 1.44 bits per heavy atom. The molecule has 0 fully saturated rings. The molecule has 9 nitrogen and oxygen atoms in total. The molecule has 0 amide bonds. The van der Waals surface area contributed by atoms with Crippen LogP contribution in [-0.4, -0.2) is 17.1 Å². The summed E-state index contributed by atoms with van der Waals surface area (Å²) in [6.07, 6.45) is 0. The van der Waals surface area contributed by atoms with E-state index in [1.807, 2.05) is 6.07 Å². The van der Waals surface area contributed by atoms with Gasteiger partial charge in [0.2, 0.25) is 5.88 Å². The van der Waals surface area contributed by atoms with Crippen LogP contribution in [0.25, 0.3) is 0 Å². The smallest absolute Gasteiger partial charge is 0.343 e. The van der Waals surface area contributed by atoms with Gasteiger partial charge in [0.25, 0.3) is 0 Å². The highest BCUT2D eigenvalue weighted by Gasteiger charge is 2.35. The second kappa shape index (κ2) is 7.16. The Bertz CT molecular complexity index is 953. The number of rotatable bonds is 2. The van der Waals surface area contributed by atoms with Crippen LogP contribution in [0.2, 0.25) is 0 Å². The molecule has 2 aromatic rings. The minimum absolute atomic E-state index is 0.0189. The number of aryl methyl sites for hydroxylation is 1. The minimum Gasteiger partial charge on any atom is -0.440 e. The maximum Gasteiger partial charge on any atom is 0.343 e. The highest BCUT2D eigenvalue weighted by atomic mass is 32.1. The number of nitrogens with two attached hydrogens (primary N) is 1. The first-order valence-corrected chi connectivity index (χ1v) is 7.65. The van der Waals surface area contributed by atoms with Crippen LogP contribution in [0.5, 0.6) is 5.75 Å². The summed E-state index contributed by atoms with van der Waals surface area (Å²) >= 11 is 0.869. The number of aliphatic hydroxyl groups excluding tert-OH is 1. The third kappa shape index (κ3) is 3.23. The predicted molar refractivity (Wildman–Crippen MR) is 88.1 cm³/mol. The first-order chi connectivity index (χ1) is 11.9. The average molecular weight is 363 g/mol. The van der Waals surface area contributed by atoms with Gasteiger partial charge in [-0.25, -0.2) is 4.79 Å². The van der Waals surface area contributed by atoms with Gasteiger partial charge in [0.05, 0.1) is 16.4 Å². The summed E-state index contributed by atoms with van der Waals surface area (Å²) in [5, 5.41) is 27.1. The van der Waals surface area contributed by atoms with Crippen LogP contribution in [-0.2, 0) is 0 Å². The number of hydrogen-bond donors (Lipinski definition) is 2. The van der Waals surface area contributed by atoms with Crippen molar-refractivity contribution < 1.29 is 19.2 Å². The number of nitrogens with zero attached hydrogens (tertiary/aromatic N) is 2. The molecule has 0 aromatic carbocycles. The monoisotopic (exact) mass is 363 g/mol. The molecule has 10 heteroatoms. The van der Waals surface area contributed by atoms with Crippen LogP contribution < -0.4 is 16.1 Å². The minimum atomic E-state index is -0.848. The quantitative estimate of drug-likeness (QED) is 0.604. The summed E-state index contributed by atoms with van der Waals surface area (Å²) in [5.74, 6) is -0.459. The number of nitriles is 1. The fraction of sp³-hybridized carbons (Fsp3) is 0.200. The van der Waals surface area contributed by atoms with E-state index in [1.165, 1.54) is 18.2 Å². The highest BCUT2D eigenvalue weighted by Crippen LogP contribution is 2.43. The van der Waals surface area contributed by atoms with Crippen LogP contribution in [0.1, 0.15) is 22.1 Å². The van der Waals surface area contributed by atoms with Crippen molar-refractivity contribution in [2.45, 2.75) is 12.8 Å². The molecule has 2 aromatic heterocycles. The summed E-state index contributed by atoms with van der Waals surface area (Å²) in [6, 6.07) is 6.21. The Labute approximate surface area is 145 Å². The van der Waals surface area contributed by atoms with E-state index in [2.05, 4.69) is 0 Å². The number of fused-ring (bicyclic) bond motifs is 1. The topological polar surface area (TPSA) is 153 Å². The first kappa shape index (κ1) is 18.2. The predicted octanol–water partition coefficient (Wildman–Crippen LogP) is 1.74. The van der Waals surface area contributed by atoms with E-state index in [4.69, 9.17) is 20.0 Å². The van der Waals surface area contributed by atoms with E-state index in [0.29, 0.717) is 10.6 Å². The molecule has 1 aliphatic heterocycles. The molecule has 1 aliphatic rings. The zero-order chi connectivity index (χ0) is 18.7. The van der Waals surface area contributed by atoms with Gasteiger partial charge in [0.15, 0.2) is 0 Å². The van der Waals surface area contributed by atoms with Gasteiger partial charge < -0.3 is 20.0 Å². The van der Waals surface area contributed by atoms with Crippen molar-refractivity contribution in [3.8, 4) is 11.8 Å². The lowest BCUT2D eigenvalue weighted by Gasteiger charge is -2.23. The molecule has 0 saturated heterocycles. The van der Waals surface area contributed by atoms with E-state index >= 15 is 0 Å². The molecule has 25 heavy (non-hydrogen) atoms. The number of allylic oxidation sites excluding steroid dienone is 1. The molecule has 0 bridgehead atoms. The van der Waals surface area contributed by atoms with Crippen molar-refractivity contribution in [2.24, 2.45) is 5.73 Å². The normalized spacial score (nSPS) is 15.4. The zero-order valence-corrected chi connectivity index (χ0v) is 14.0. The highest BCUT2D eigenvalue weighted by molar-refractivity contribution is 7.15. The molecule has 130 valence electrons. The Balaban J connectivity index is 0.00000109. The van der Waals surface area contributed by atoms with Crippen molar-refractivity contribution >= 4 is 16.3 Å². The third-order valence-corrected chi connectivity index (χ3v) is 4.44. The standard InChI is InChI=1S/C14H9N3O5S.CH4O/c1-6-4-8-12(14(18)21-6)11(7(5-15)13(16)22-8)9-2-3-10(23-9)17(19)20;1-2/h2-4,11H,16H2,1H3;2H,1H3. The maximum absolute atomic E-state index is 12.2. The molecule has 0 radical (unpaired) electrons. The Morgan fingerprint density at radius 2 is 2.12 bits per heavy atom. The van der Waals surface area contributed by atoms with Crippen LogP contribution in [0.15, 0.2) is 38.9 Å². The average Bonchev–Trinajstić information content (AvgIpc) is 3.05. The van der Waals surface area contributed by atoms with Crippen molar-refractivity contribution in [3.05, 3.63) is 66.4 Å². The van der Waals surface area contributed by atoms with Gasteiger partial charge in [-0.15, -0.1) is 0 Å². The van der Waals surface area contributed by atoms with Gasteiger partial charge >= 0.3 is 10.6 Å². The van der Waals surface area contributed by atoms with E-state index < -0.39 is 16.5 Å².